The van der Waals surface area contributed by atoms with Gasteiger partial charge in [-0.3, -0.25) is 4.79 Å². The van der Waals surface area contributed by atoms with Gasteiger partial charge in [-0.15, -0.1) is 0 Å². The summed E-state index contributed by atoms with van der Waals surface area (Å²) in [6.07, 6.45) is -1.04. The third kappa shape index (κ3) is 9.89. The van der Waals surface area contributed by atoms with Gasteiger partial charge >= 0.3 is 29.8 Å². The van der Waals surface area contributed by atoms with Crippen LogP contribution in [0.2, 0.25) is 0 Å². The van der Waals surface area contributed by atoms with Crippen LogP contribution >= 0.6 is 0 Å². The first kappa shape index (κ1) is 26.1. The molecule has 0 aliphatic rings. The van der Waals surface area contributed by atoms with E-state index in [9.17, 15) is 31.9 Å². The second-order valence-electron chi connectivity index (χ2n) is 7.51. The van der Waals surface area contributed by atoms with E-state index in [-0.39, 0.29) is 11.8 Å². The summed E-state index contributed by atoms with van der Waals surface area (Å²) in [5, 5.41) is 0. The average Bonchev–Trinajstić information content (AvgIpc) is 2.51. The summed E-state index contributed by atoms with van der Waals surface area (Å²) in [7, 11) is 0. The van der Waals surface area contributed by atoms with Crippen molar-refractivity contribution >= 4 is 17.9 Å². The Bertz CT molecular complexity index is 507. The topological polar surface area (TPSA) is 78.9 Å². The molecular weight excluding hydrogens is 388 g/mol. The van der Waals surface area contributed by atoms with Crippen LogP contribution in [0.25, 0.3) is 0 Å². The van der Waals surface area contributed by atoms with Gasteiger partial charge in [0.1, 0.15) is 13.2 Å². The van der Waals surface area contributed by atoms with Crippen molar-refractivity contribution in [3.8, 4) is 0 Å². The third-order valence-corrected chi connectivity index (χ3v) is 3.63. The monoisotopic (exact) mass is 416 g/mol. The highest BCUT2D eigenvalue weighted by molar-refractivity contribution is 5.77. The largest absolute Gasteiger partial charge is 0.457 e. The van der Waals surface area contributed by atoms with Crippen molar-refractivity contribution < 1.29 is 46.2 Å². The molecule has 0 aromatic rings. The van der Waals surface area contributed by atoms with Gasteiger partial charge in [0.25, 0.3) is 0 Å². The number of carbonyl (C=O) groups is 3. The van der Waals surface area contributed by atoms with Gasteiger partial charge in [0.2, 0.25) is 0 Å². The number of esters is 3. The molecule has 0 N–H and O–H groups in total. The van der Waals surface area contributed by atoms with E-state index in [1.807, 2.05) is 13.8 Å². The quantitative estimate of drug-likeness (QED) is 0.291. The molecule has 0 spiro atoms. The van der Waals surface area contributed by atoms with Gasteiger partial charge in [-0.25, -0.2) is 9.59 Å². The normalized spacial score (nSPS) is 13.6. The Morgan fingerprint density at radius 1 is 0.821 bits per heavy atom. The molecule has 0 aliphatic heterocycles. The third-order valence-electron chi connectivity index (χ3n) is 3.63. The number of carbonyl (C=O) groups excluding carboxylic acids is 3. The van der Waals surface area contributed by atoms with Crippen molar-refractivity contribution in [1.82, 2.24) is 0 Å². The average molecular weight is 416 g/mol. The minimum Gasteiger partial charge on any atom is -0.457 e. The van der Waals surface area contributed by atoms with E-state index in [2.05, 4.69) is 9.47 Å². The number of halogens is 4. The highest BCUT2D eigenvalue weighted by atomic mass is 19.3. The fourth-order valence-electron chi connectivity index (χ4n) is 2.11. The highest BCUT2D eigenvalue weighted by Crippen LogP contribution is 2.23. The Balaban J connectivity index is 5.16. The van der Waals surface area contributed by atoms with Gasteiger partial charge in [-0.05, 0) is 18.3 Å². The summed E-state index contributed by atoms with van der Waals surface area (Å²) >= 11 is 0. The number of ether oxygens (including phenoxy) is 3. The standard InChI is InChI=1S/C18H28F4O6/c1-10(2)7-13(11(3)4)14(23)28-12(8-26-15(24)17(5,19)20)9-27-16(25)18(6,21)22/h10-13H,7-9H2,1-6H3. The van der Waals surface area contributed by atoms with Gasteiger partial charge in [0, 0.05) is 13.8 Å². The van der Waals surface area contributed by atoms with Crippen LogP contribution in [0.15, 0.2) is 0 Å². The van der Waals surface area contributed by atoms with E-state index in [1.165, 1.54) is 0 Å². The van der Waals surface area contributed by atoms with Crippen molar-refractivity contribution in [3.63, 3.8) is 0 Å². The molecule has 0 bridgehead atoms. The first-order chi connectivity index (χ1) is 12.6. The number of alkyl halides is 4. The zero-order valence-electron chi connectivity index (χ0n) is 16.9. The minimum atomic E-state index is -3.79. The predicted octanol–water partition coefficient (Wildman–Crippen LogP) is 3.61. The number of hydrogen-bond acceptors (Lipinski definition) is 6. The van der Waals surface area contributed by atoms with Crippen LogP contribution < -0.4 is 0 Å². The maximum Gasteiger partial charge on any atom is 0.376 e. The lowest BCUT2D eigenvalue weighted by Crippen LogP contribution is -2.38. The van der Waals surface area contributed by atoms with Crippen LogP contribution in [0.1, 0.15) is 48.0 Å². The van der Waals surface area contributed by atoms with E-state index in [4.69, 9.17) is 4.74 Å². The summed E-state index contributed by atoms with van der Waals surface area (Å²) in [5.41, 5.74) is 0. The maximum atomic E-state index is 12.9. The van der Waals surface area contributed by atoms with Crippen LogP contribution in [-0.4, -0.2) is 49.1 Å². The van der Waals surface area contributed by atoms with Crippen LogP contribution in [0.5, 0.6) is 0 Å². The second-order valence-corrected chi connectivity index (χ2v) is 7.51. The lowest BCUT2D eigenvalue weighted by atomic mass is 9.88. The van der Waals surface area contributed by atoms with Gasteiger partial charge < -0.3 is 14.2 Å². The fourth-order valence-corrected chi connectivity index (χ4v) is 2.11. The zero-order valence-corrected chi connectivity index (χ0v) is 16.9. The van der Waals surface area contributed by atoms with Crippen molar-refractivity contribution in [2.75, 3.05) is 13.2 Å². The Morgan fingerprint density at radius 2 is 1.21 bits per heavy atom. The van der Waals surface area contributed by atoms with E-state index in [1.54, 1.807) is 13.8 Å². The molecule has 28 heavy (non-hydrogen) atoms. The van der Waals surface area contributed by atoms with Crippen molar-refractivity contribution in [2.24, 2.45) is 17.8 Å². The molecule has 0 aliphatic carbocycles. The molecule has 10 heteroatoms. The molecule has 0 fully saturated rings. The minimum absolute atomic E-state index is 0.124. The van der Waals surface area contributed by atoms with Gasteiger partial charge in [-0.2, -0.15) is 17.6 Å². The lowest BCUT2D eigenvalue weighted by molar-refractivity contribution is -0.186. The zero-order chi connectivity index (χ0) is 22.3. The SMILES string of the molecule is CC(C)CC(C(=O)OC(COC(=O)C(C)(F)F)COC(=O)C(C)(F)F)C(C)C. The molecule has 6 nitrogen and oxygen atoms in total. The second kappa shape index (κ2) is 10.6. The number of rotatable bonds is 11. The summed E-state index contributed by atoms with van der Waals surface area (Å²) in [6.45, 7) is 6.20. The molecule has 164 valence electrons. The number of hydrogen-bond donors (Lipinski definition) is 0. The first-order valence-corrected chi connectivity index (χ1v) is 8.86. The molecule has 0 saturated heterocycles. The molecule has 1 unspecified atom stereocenters. The Morgan fingerprint density at radius 3 is 1.50 bits per heavy atom. The molecule has 0 radical (unpaired) electrons. The Hall–Kier alpha value is -1.87. The molecule has 0 rings (SSSR count). The Labute approximate surface area is 161 Å². The van der Waals surface area contributed by atoms with Gasteiger partial charge in [-0.1, -0.05) is 27.7 Å². The Kier molecular flexibility index (Phi) is 9.90. The lowest BCUT2D eigenvalue weighted by Gasteiger charge is -2.25. The summed E-state index contributed by atoms with van der Waals surface area (Å²) in [6, 6.07) is 0. The molecule has 1 atom stereocenters. The summed E-state index contributed by atoms with van der Waals surface area (Å²) < 4.78 is 65.5. The van der Waals surface area contributed by atoms with E-state index >= 15 is 0 Å². The van der Waals surface area contributed by atoms with Crippen LogP contribution in [-0.2, 0) is 28.6 Å². The van der Waals surface area contributed by atoms with Gasteiger partial charge in [0.05, 0.1) is 5.92 Å². The smallest absolute Gasteiger partial charge is 0.376 e. The highest BCUT2D eigenvalue weighted by Gasteiger charge is 2.37. The van der Waals surface area contributed by atoms with E-state index < -0.39 is 55.0 Å². The van der Waals surface area contributed by atoms with Crippen LogP contribution in [0.4, 0.5) is 17.6 Å². The van der Waals surface area contributed by atoms with Crippen molar-refractivity contribution in [2.45, 2.75) is 65.9 Å². The molecule has 0 aromatic heterocycles. The van der Waals surface area contributed by atoms with Crippen molar-refractivity contribution in [1.29, 1.82) is 0 Å². The van der Waals surface area contributed by atoms with E-state index in [0.29, 0.717) is 20.3 Å². The molecule has 0 amide bonds. The summed E-state index contributed by atoms with van der Waals surface area (Å²) in [4.78, 5) is 34.8. The molecule has 0 heterocycles. The van der Waals surface area contributed by atoms with Crippen LogP contribution in [0, 0.1) is 17.8 Å². The van der Waals surface area contributed by atoms with Gasteiger partial charge in [0.15, 0.2) is 6.10 Å². The van der Waals surface area contributed by atoms with Crippen molar-refractivity contribution in [3.05, 3.63) is 0 Å². The van der Waals surface area contributed by atoms with Crippen LogP contribution in [0.3, 0.4) is 0 Å². The summed E-state index contributed by atoms with van der Waals surface area (Å²) in [5.74, 6) is -12.6. The fraction of sp³-hybridized carbons (Fsp3) is 0.833. The molecular formula is C18H28F4O6. The maximum absolute atomic E-state index is 12.9. The molecule has 0 saturated carbocycles. The van der Waals surface area contributed by atoms with E-state index in [0.717, 1.165) is 0 Å². The first-order valence-electron chi connectivity index (χ1n) is 8.86. The molecule has 0 aromatic carbocycles. The predicted molar refractivity (Wildman–Crippen MR) is 90.8 cm³/mol.